The minimum Gasteiger partial charge on any atom is -0.423 e. The maximum Gasteiger partial charge on any atom is 0.416 e. The fraction of sp³-hybridized carbons (Fsp3) is 0.211. The van der Waals surface area contributed by atoms with E-state index in [1.54, 1.807) is 26.0 Å². The second-order valence-electron chi connectivity index (χ2n) is 5.96. The number of hydrogen-bond donors (Lipinski definition) is 1. The molecule has 3 rings (SSSR count). The average molecular weight is 376 g/mol. The van der Waals surface area contributed by atoms with Crippen LogP contribution >= 0.6 is 0 Å². The predicted molar refractivity (Wildman–Crippen MR) is 91.6 cm³/mol. The highest BCUT2D eigenvalue weighted by atomic mass is 19.4. The Morgan fingerprint density at radius 2 is 1.93 bits per heavy atom. The van der Waals surface area contributed by atoms with E-state index >= 15 is 0 Å². The molecule has 140 valence electrons. The first-order valence-corrected chi connectivity index (χ1v) is 8.11. The van der Waals surface area contributed by atoms with Gasteiger partial charge in [0.1, 0.15) is 11.4 Å². The molecule has 0 spiro atoms. The van der Waals surface area contributed by atoms with E-state index < -0.39 is 23.5 Å². The van der Waals surface area contributed by atoms with Gasteiger partial charge in [0.25, 0.3) is 0 Å². The van der Waals surface area contributed by atoms with Crippen LogP contribution in [0.1, 0.15) is 40.7 Å². The molecule has 27 heavy (non-hydrogen) atoms. The van der Waals surface area contributed by atoms with E-state index in [9.17, 15) is 22.8 Å². The normalized spacial score (nSPS) is 11.6. The van der Waals surface area contributed by atoms with Gasteiger partial charge in [-0.05, 0) is 42.8 Å². The van der Waals surface area contributed by atoms with E-state index in [0.29, 0.717) is 0 Å². The van der Waals surface area contributed by atoms with Crippen molar-refractivity contribution in [2.75, 3.05) is 0 Å². The third kappa shape index (κ3) is 3.69. The number of nitrogens with one attached hydrogen (secondary N) is 1. The Bertz CT molecular complexity index is 1040. The van der Waals surface area contributed by atoms with E-state index in [1.165, 1.54) is 12.3 Å². The van der Waals surface area contributed by atoms with Gasteiger partial charge in [-0.15, -0.1) is 0 Å². The fourth-order valence-electron chi connectivity index (χ4n) is 2.58. The summed E-state index contributed by atoms with van der Waals surface area (Å²) in [6, 6.07) is 6.19. The SMILES string of the molecule is CCC(=O)Oc1c(C(=O)c2cc(C)ccn2)[nH]c2ccc(C(F)(F)F)cc12. The van der Waals surface area contributed by atoms with E-state index in [1.807, 2.05) is 0 Å². The van der Waals surface area contributed by atoms with Crippen molar-refractivity contribution in [3.05, 3.63) is 59.0 Å². The Morgan fingerprint density at radius 3 is 2.56 bits per heavy atom. The number of alkyl halides is 3. The molecule has 0 radical (unpaired) electrons. The molecular weight excluding hydrogens is 361 g/mol. The number of rotatable bonds is 4. The number of H-pyrrole nitrogens is 1. The molecule has 0 aliphatic rings. The molecule has 0 unspecified atom stereocenters. The van der Waals surface area contributed by atoms with Gasteiger partial charge in [0.05, 0.1) is 5.56 Å². The number of nitrogens with zero attached hydrogens (tertiary/aromatic N) is 1. The van der Waals surface area contributed by atoms with Crippen molar-refractivity contribution in [1.82, 2.24) is 9.97 Å². The largest absolute Gasteiger partial charge is 0.423 e. The quantitative estimate of drug-likeness (QED) is 0.540. The van der Waals surface area contributed by atoms with Crippen LogP contribution < -0.4 is 4.74 Å². The lowest BCUT2D eigenvalue weighted by atomic mass is 10.1. The summed E-state index contributed by atoms with van der Waals surface area (Å²) in [4.78, 5) is 31.4. The van der Waals surface area contributed by atoms with Crippen molar-refractivity contribution in [1.29, 1.82) is 0 Å². The minimum atomic E-state index is -4.57. The lowest BCUT2D eigenvalue weighted by molar-refractivity contribution is -0.137. The molecule has 0 aliphatic heterocycles. The zero-order valence-electron chi connectivity index (χ0n) is 14.5. The summed E-state index contributed by atoms with van der Waals surface area (Å²) in [5.41, 5.74) is 0.0972. The topological polar surface area (TPSA) is 72.1 Å². The number of aromatic amines is 1. The van der Waals surface area contributed by atoms with E-state index in [2.05, 4.69) is 9.97 Å². The molecule has 5 nitrogen and oxygen atoms in total. The number of halogens is 3. The van der Waals surface area contributed by atoms with E-state index in [-0.39, 0.29) is 34.5 Å². The molecule has 3 aromatic rings. The first-order chi connectivity index (χ1) is 12.7. The summed E-state index contributed by atoms with van der Waals surface area (Å²) in [6.45, 7) is 3.32. The highest BCUT2D eigenvalue weighted by Crippen LogP contribution is 2.37. The zero-order chi connectivity index (χ0) is 19.8. The zero-order valence-corrected chi connectivity index (χ0v) is 14.5. The van der Waals surface area contributed by atoms with Crippen LogP contribution in [0.25, 0.3) is 10.9 Å². The van der Waals surface area contributed by atoms with Crippen LogP contribution in [-0.2, 0) is 11.0 Å². The number of carbonyl (C=O) groups is 2. The molecule has 1 N–H and O–H groups in total. The average Bonchev–Trinajstić information content (AvgIpc) is 2.98. The molecule has 0 fully saturated rings. The summed E-state index contributed by atoms with van der Waals surface area (Å²) in [5.74, 6) is -1.47. The van der Waals surface area contributed by atoms with Crippen LogP contribution in [0.2, 0.25) is 0 Å². The van der Waals surface area contributed by atoms with Crippen LogP contribution in [0.3, 0.4) is 0 Å². The van der Waals surface area contributed by atoms with Crippen LogP contribution in [0.15, 0.2) is 36.5 Å². The maximum atomic E-state index is 13.1. The second kappa shape index (κ2) is 6.86. The lowest BCUT2D eigenvalue weighted by Crippen LogP contribution is -2.11. The summed E-state index contributed by atoms with van der Waals surface area (Å²) < 4.78 is 44.4. The molecule has 2 aromatic heterocycles. The molecular formula is C19H15F3N2O3. The Morgan fingerprint density at radius 1 is 1.19 bits per heavy atom. The number of hydrogen-bond acceptors (Lipinski definition) is 4. The summed E-state index contributed by atoms with van der Waals surface area (Å²) >= 11 is 0. The van der Waals surface area contributed by atoms with Crippen molar-refractivity contribution in [3.8, 4) is 5.75 Å². The molecule has 8 heteroatoms. The standard InChI is InChI=1S/C19H15F3N2O3/c1-3-15(25)27-18-12-9-11(19(20,21)22)4-5-13(12)24-16(18)17(26)14-8-10(2)6-7-23-14/h4-9,24H,3H2,1-2H3. The molecule has 0 aliphatic carbocycles. The van der Waals surface area contributed by atoms with Gasteiger partial charge < -0.3 is 9.72 Å². The fourth-order valence-corrected chi connectivity index (χ4v) is 2.58. The number of ether oxygens (including phenoxy) is 1. The van der Waals surface area contributed by atoms with Gasteiger partial charge in [-0.2, -0.15) is 13.2 Å². The Hall–Kier alpha value is -3.16. The molecule has 0 amide bonds. The number of benzene rings is 1. The number of carbonyl (C=O) groups excluding carboxylic acids is 2. The molecule has 0 saturated carbocycles. The molecule has 2 heterocycles. The predicted octanol–water partition coefficient (Wildman–Crippen LogP) is 4.44. The van der Waals surface area contributed by atoms with Crippen LogP contribution in [-0.4, -0.2) is 21.7 Å². The number of ketones is 1. The van der Waals surface area contributed by atoms with Gasteiger partial charge in [-0.25, -0.2) is 0 Å². The summed E-state index contributed by atoms with van der Waals surface area (Å²) in [5, 5.41) is 0.00243. The number of aromatic nitrogens is 2. The van der Waals surface area contributed by atoms with Crippen molar-refractivity contribution in [2.45, 2.75) is 26.4 Å². The van der Waals surface area contributed by atoms with Gasteiger partial charge in [0.15, 0.2) is 5.75 Å². The second-order valence-corrected chi connectivity index (χ2v) is 5.96. The Balaban J connectivity index is 2.20. The van der Waals surface area contributed by atoms with Gasteiger partial charge in [-0.1, -0.05) is 6.92 Å². The van der Waals surface area contributed by atoms with E-state index in [4.69, 9.17) is 4.74 Å². The van der Waals surface area contributed by atoms with Crippen LogP contribution in [0.5, 0.6) is 5.75 Å². The monoisotopic (exact) mass is 376 g/mol. The number of fused-ring (bicyclic) bond motifs is 1. The van der Waals surface area contributed by atoms with Crippen molar-refractivity contribution in [2.24, 2.45) is 0 Å². The highest BCUT2D eigenvalue weighted by Gasteiger charge is 2.32. The molecule has 0 saturated heterocycles. The van der Waals surface area contributed by atoms with Crippen molar-refractivity contribution < 1.29 is 27.5 Å². The third-order valence-electron chi connectivity index (χ3n) is 3.96. The van der Waals surface area contributed by atoms with Crippen molar-refractivity contribution in [3.63, 3.8) is 0 Å². The molecule has 0 bridgehead atoms. The summed E-state index contributed by atoms with van der Waals surface area (Å²) in [7, 11) is 0. The van der Waals surface area contributed by atoms with E-state index in [0.717, 1.165) is 17.7 Å². The van der Waals surface area contributed by atoms with Crippen LogP contribution in [0.4, 0.5) is 13.2 Å². The first-order valence-electron chi connectivity index (χ1n) is 8.11. The van der Waals surface area contributed by atoms with Gasteiger partial charge >= 0.3 is 12.1 Å². The van der Waals surface area contributed by atoms with Crippen molar-refractivity contribution >= 4 is 22.7 Å². The Labute approximate surface area is 152 Å². The summed E-state index contributed by atoms with van der Waals surface area (Å²) in [6.07, 6.45) is -3.12. The minimum absolute atomic E-state index is 0.00194. The first kappa shape index (κ1) is 18.6. The molecule has 0 atom stereocenters. The van der Waals surface area contributed by atoms with Gasteiger partial charge in [0, 0.05) is 23.5 Å². The van der Waals surface area contributed by atoms with Gasteiger partial charge in [-0.3, -0.25) is 14.6 Å². The lowest BCUT2D eigenvalue weighted by Gasteiger charge is -2.08. The molecule has 1 aromatic carbocycles. The smallest absolute Gasteiger partial charge is 0.416 e. The number of esters is 1. The number of aryl methyl sites for hydroxylation is 1. The number of pyridine rings is 1. The third-order valence-corrected chi connectivity index (χ3v) is 3.96. The highest BCUT2D eigenvalue weighted by molar-refractivity contribution is 6.13. The van der Waals surface area contributed by atoms with Gasteiger partial charge in [0.2, 0.25) is 5.78 Å². The Kier molecular flexibility index (Phi) is 4.73. The maximum absolute atomic E-state index is 13.1. The van der Waals surface area contributed by atoms with Crippen LogP contribution in [0, 0.1) is 6.92 Å².